The van der Waals surface area contributed by atoms with Crippen molar-refractivity contribution in [2.45, 2.75) is 37.3 Å². The van der Waals surface area contributed by atoms with Crippen LogP contribution in [-0.4, -0.2) is 54.6 Å². The Labute approximate surface area is 180 Å². The van der Waals surface area contributed by atoms with Crippen LogP contribution in [0.25, 0.3) is 0 Å². The Bertz CT molecular complexity index is 1060. The largest absolute Gasteiger partial charge is 0.285 e. The maximum absolute atomic E-state index is 13.1. The van der Waals surface area contributed by atoms with E-state index >= 15 is 0 Å². The zero-order chi connectivity index (χ0) is 21.3. The molecule has 0 saturated carbocycles. The van der Waals surface area contributed by atoms with Crippen LogP contribution in [0, 0.1) is 6.92 Å². The third-order valence-electron chi connectivity index (χ3n) is 4.60. The van der Waals surface area contributed by atoms with Crippen molar-refractivity contribution in [1.82, 2.24) is 9.21 Å². The molecule has 1 aliphatic rings. The lowest BCUT2D eigenvalue weighted by atomic mass is 10.2. The van der Waals surface area contributed by atoms with Crippen molar-refractivity contribution < 1.29 is 13.2 Å². The Morgan fingerprint density at radius 1 is 1.31 bits per heavy atom. The second kappa shape index (κ2) is 8.59. The number of sulfonamides is 1. The van der Waals surface area contributed by atoms with Gasteiger partial charge in [0.2, 0.25) is 10.0 Å². The highest BCUT2D eigenvalue weighted by molar-refractivity contribution is 8.14. The van der Waals surface area contributed by atoms with E-state index in [2.05, 4.69) is 18.8 Å². The summed E-state index contributed by atoms with van der Waals surface area (Å²) in [5.74, 6) is -0.0505. The molecule has 0 N–H and O–H groups in total. The number of benzene rings is 1. The molecule has 6 nitrogen and oxygen atoms in total. The lowest BCUT2D eigenvalue weighted by Gasteiger charge is -2.15. The van der Waals surface area contributed by atoms with E-state index in [1.54, 1.807) is 29.2 Å². The molecule has 1 aromatic heterocycles. The standard InChI is InChI=1S/C20H25N3O3S3/c1-6-17-13(2)10-18(28-17)19(24)23-12-14(3)27-20(23)21-15-8-7-9-16(11-15)29(25,26)22(4)5/h7-11,14H,6,12H2,1-5H3. The predicted octanol–water partition coefficient (Wildman–Crippen LogP) is 4.13. The first kappa shape index (κ1) is 22.0. The van der Waals surface area contributed by atoms with E-state index in [-0.39, 0.29) is 16.1 Å². The van der Waals surface area contributed by atoms with Gasteiger partial charge in [-0.2, -0.15) is 0 Å². The van der Waals surface area contributed by atoms with Crippen molar-refractivity contribution in [3.63, 3.8) is 0 Å². The zero-order valence-electron chi connectivity index (χ0n) is 17.2. The Hall–Kier alpha value is -1.68. The molecule has 1 aromatic carbocycles. The lowest BCUT2D eigenvalue weighted by molar-refractivity contribution is 0.0860. The van der Waals surface area contributed by atoms with Crippen LogP contribution in [0.5, 0.6) is 0 Å². The summed E-state index contributed by atoms with van der Waals surface area (Å²) in [5, 5.41) is 0.823. The van der Waals surface area contributed by atoms with Gasteiger partial charge in [0.25, 0.3) is 5.91 Å². The molecule has 0 aliphatic carbocycles. The van der Waals surface area contributed by atoms with Crippen molar-refractivity contribution in [2.75, 3.05) is 20.6 Å². The van der Waals surface area contributed by atoms with Crippen LogP contribution in [0.1, 0.15) is 34.0 Å². The van der Waals surface area contributed by atoms with Crippen LogP contribution in [0.15, 0.2) is 40.2 Å². The molecule has 3 rings (SSSR count). The average Bonchev–Trinajstić information content (AvgIpc) is 3.23. The number of hydrogen-bond acceptors (Lipinski definition) is 6. The smallest absolute Gasteiger partial charge is 0.269 e. The summed E-state index contributed by atoms with van der Waals surface area (Å²) in [6, 6.07) is 8.45. The first-order valence-corrected chi connectivity index (χ1v) is 12.5. The van der Waals surface area contributed by atoms with Gasteiger partial charge in [-0.05, 0) is 43.2 Å². The molecule has 1 unspecified atom stereocenters. The third kappa shape index (κ3) is 4.58. The summed E-state index contributed by atoms with van der Waals surface area (Å²) in [4.78, 5) is 21.6. The number of thioether (sulfide) groups is 1. The molecule has 1 atom stereocenters. The van der Waals surface area contributed by atoms with Crippen molar-refractivity contribution in [3.05, 3.63) is 45.6 Å². The summed E-state index contributed by atoms with van der Waals surface area (Å²) in [6.45, 7) is 6.75. The number of amides is 1. The quantitative estimate of drug-likeness (QED) is 0.685. The molecule has 0 spiro atoms. The molecule has 2 aromatic rings. The molecule has 1 aliphatic heterocycles. The van der Waals surface area contributed by atoms with Crippen molar-refractivity contribution >= 4 is 49.9 Å². The van der Waals surface area contributed by atoms with E-state index in [1.165, 1.54) is 46.4 Å². The van der Waals surface area contributed by atoms with E-state index in [1.807, 2.05) is 13.0 Å². The third-order valence-corrected chi connectivity index (χ3v) is 8.85. The Balaban J connectivity index is 1.94. The minimum atomic E-state index is -3.54. The molecule has 0 radical (unpaired) electrons. The Kier molecular flexibility index (Phi) is 6.52. The number of nitrogens with zero attached hydrogens (tertiary/aromatic N) is 3. The van der Waals surface area contributed by atoms with Crippen molar-refractivity contribution in [1.29, 1.82) is 0 Å². The van der Waals surface area contributed by atoms with Crippen LogP contribution in [0.2, 0.25) is 0 Å². The fraction of sp³-hybridized carbons (Fsp3) is 0.400. The van der Waals surface area contributed by atoms with E-state index in [9.17, 15) is 13.2 Å². The van der Waals surface area contributed by atoms with Gasteiger partial charge in [0.15, 0.2) is 5.17 Å². The molecule has 156 valence electrons. The van der Waals surface area contributed by atoms with Gasteiger partial charge in [0.1, 0.15) is 0 Å². The number of thiophene rings is 1. The van der Waals surface area contributed by atoms with Crippen molar-refractivity contribution in [3.8, 4) is 0 Å². The molecular weight excluding hydrogens is 426 g/mol. The maximum atomic E-state index is 13.1. The van der Waals surface area contributed by atoms with Gasteiger partial charge in [-0.1, -0.05) is 31.7 Å². The van der Waals surface area contributed by atoms with Gasteiger partial charge in [-0.15, -0.1) is 11.3 Å². The maximum Gasteiger partial charge on any atom is 0.269 e. The molecule has 29 heavy (non-hydrogen) atoms. The number of amidine groups is 1. The lowest BCUT2D eigenvalue weighted by Crippen LogP contribution is -2.32. The van der Waals surface area contributed by atoms with Crippen LogP contribution < -0.4 is 0 Å². The minimum Gasteiger partial charge on any atom is -0.285 e. The summed E-state index contributed by atoms with van der Waals surface area (Å²) in [6.07, 6.45) is 0.906. The number of aliphatic imine (C=N–C) groups is 1. The van der Waals surface area contributed by atoms with E-state index in [0.717, 1.165) is 12.0 Å². The highest BCUT2D eigenvalue weighted by Gasteiger charge is 2.32. The molecule has 9 heteroatoms. The summed E-state index contributed by atoms with van der Waals surface area (Å²) in [7, 11) is -0.550. The highest BCUT2D eigenvalue weighted by atomic mass is 32.2. The number of rotatable bonds is 5. The Morgan fingerprint density at radius 3 is 2.66 bits per heavy atom. The van der Waals surface area contributed by atoms with Gasteiger partial charge in [0, 0.05) is 30.8 Å². The average molecular weight is 452 g/mol. The van der Waals surface area contributed by atoms with Gasteiger partial charge in [-0.3, -0.25) is 9.69 Å². The van der Waals surface area contributed by atoms with Gasteiger partial charge in [0.05, 0.1) is 15.5 Å². The fourth-order valence-corrected chi connectivity index (χ4v) is 6.05. The topological polar surface area (TPSA) is 70.0 Å². The second-order valence-electron chi connectivity index (χ2n) is 7.09. The SMILES string of the molecule is CCc1sc(C(=O)N2CC(C)SC2=Nc2cccc(S(=O)(=O)N(C)C)c2)cc1C. The summed E-state index contributed by atoms with van der Waals surface area (Å²) < 4.78 is 26.0. The zero-order valence-corrected chi connectivity index (χ0v) is 19.6. The Morgan fingerprint density at radius 2 is 2.03 bits per heavy atom. The first-order valence-electron chi connectivity index (χ1n) is 9.32. The molecule has 0 bridgehead atoms. The molecule has 1 saturated heterocycles. The van der Waals surface area contributed by atoms with Crippen LogP contribution in [0.3, 0.4) is 0 Å². The van der Waals surface area contributed by atoms with E-state index in [4.69, 9.17) is 0 Å². The monoisotopic (exact) mass is 451 g/mol. The second-order valence-corrected chi connectivity index (χ2v) is 11.8. The minimum absolute atomic E-state index is 0.0505. The number of carbonyl (C=O) groups is 1. The van der Waals surface area contributed by atoms with E-state index in [0.29, 0.717) is 22.3 Å². The summed E-state index contributed by atoms with van der Waals surface area (Å²) in [5.41, 5.74) is 1.65. The number of hydrogen-bond donors (Lipinski definition) is 0. The highest BCUT2D eigenvalue weighted by Crippen LogP contribution is 2.32. The molecule has 1 fully saturated rings. The van der Waals surface area contributed by atoms with Gasteiger partial charge < -0.3 is 0 Å². The summed E-state index contributed by atoms with van der Waals surface area (Å²) >= 11 is 3.06. The fourth-order valence-electron chi connectivity index (χ4n) is 3.02. The number of carbonyl (C=O) groups excluding carboxylic acids is 1. The predicted molar refractivity (Wildman–Crippen MR) is 121 cm³/mol. The van der Waals surface area contributed by atoms with E-state index < -0.39 is 10.0 Å². The number of aryl methyl sites for hydroxylation is 2. The van der Waals surface area contributed by atoms with Crippen LogP contribution >= 0.6 is 23.1 Å². The molecule has 1 amide bonds. The van der Waals surface area contributed by atoms with Gasteiger partial charge in [-0.25, -0.2) is 17.7 Å². The normalized spacial score (nSPS) is 18.8. The van der Waals surface area contributed by atoms with Gasteiger partial charge >= 0.3 is 0 Å². The first-order chi connectivity index (χ1) is 13.6. The van der Waals surface area contributed by atoms with Crippen LogP contribution in [0.4, 0.5) is 5.69 Å². The molecular formula is C20H25N3O3S3. The van der Waals surface area contributed by atoms with Crippen LogP contribution in [-0.2, 0) is 16.4 Å². The molecule has 2 heterocycles. The van der Waals surface area contributed by atoms with Crippen molar-refractivity contribution in [2.24, 2.45) is 4.99 Å².